The first-order chi connectivity index (χ1) is 13.5. The third-order valence-electron chi connectivity index (χ3n) is 4.53. The van der Waals surface area contributed by atoms with E-state index in [4.69, 9.17) is 4.74 Å². The molecule has 0 aliphatic rings. The molecule has 1 N–H and O–H groups in total. The molecule has 0 atom stereocenters. The number of nitrogens with one attached hydrogen (secondary N) is 1. The van der Waals surface area contributed by atoms with Crippen molar-refractivity contribution in [1.82, 2.24) is 14.2 Å². The van der Waals surface area contributed by atoms with Crippen LogP contribution in [0.25, 0.3) is 16.6 Å². The van der Waals surface area contributed by atoms with Crippen molar-refractivity contribution in [3.63, 3.8) is 0 Å². The van der Waals surface area contributed by atoms with Crippen LogP contribution in [0, 0.1) is 5.82 Å². The van der Waals surface area contributed by atoms with Gasteiger partial charge in [-0.25, -0.2) is 8.91 Å². The van der Waals surface area contributed by atoms with E-state index in [1.807, 2.05) is 31.2 Å². The minimum atomic E-state index is -0.591. The summed E-state index contributed by atoms with van der Waals surface area (Å²) in [4.78, 5) is 25.4. The summed E-state index contributed by atoms with van der Waals surface area (Å²) >= 11 is 0. The zero-order valence-electron chi connectivity index (χ0n) is 15.3. The van der Waals surface area contributed by atoms with Gasteiger partial charge in [-0.3, -0.25) is 9.59 Å². The molecule has 2 aromatic heterocycles. The summed E-state index contributed by atoms with van der Waals surface area (Å²) in [6.07, 6.45) is 0. The summed E-state index contributed by atoms with van der Waals surface area (Å²) in [6.45, 7) is 2.38. The second kappa shape index (κ2) is 6.80. The number of para-hydroxylation sites is 2. The van der Waals surface area contributed by atoms with E-state index < -0.39 is 11.7 Å². The molecule has 0 spiro atoms. The number of benzene rings is 2. The SMILES string of the molecule is CCn1c(=O)c2cc(C(=O)Nc3ccc(OC)c(F)c3)nn2c2ccccc21. The quantitative estimate of drug-likeness (QED) is 0.590. The lowest BCUT2D eigenvalue weighted by molar-refractivity contribution is 0.102. The highest BCUT2D eigenvalue weighted by molar-refractivity contribution is 6.03. The van der Waals surface area contributed by atoms with Crippen LogP contribution in [0.4, 0.5) is 10.1 Å². The van der Waals surface area contributed by atoms with E-state index in [0.717, 1.165) is 11.6 Å². The number of aromatic nitrogens is 3. The van der Waals surface area contributed by atoms with Crippen LogP contribution < -0.4 is 15.6 Å². The molecule has 0 aliphatic heterocycles. The third-order valence-corrected chi connectivity index (χ3v) is 4.53. The number of rotatable bonds is 4. The Hall–Kier alpha value is -3.68. The monoisotopic (exact) mass is 380 g/mol. The predicted octanol–water partition coefficient (Wildman–Crippen LogP) is 3.07. The number of aryl methyl sites for hydroxylation is 1. The van der Waals surface area contributed by atoms with Crippen molar-refractivity contribution in [2.45, 2.75) is 13.5 Å². The maximum Gasteiger partial charge on any atom is 0.277 e. The molecule has 2 heterocycles. The number of methoxy groups -OCH3 is 1. The lowest BCUT2D eigenvalue weighted by Gasteiger charge is -2.09. The van der Waals surface area contributed by atoms with Crippen LogP contribution in [-0.2, 0) is 6.54 Å². The molecule has 0 saturated heterocycles. The van der Waals surface area contributed by atoms with Gasteiger partial charge >= 0.3 is 0 Å². The minimum Gasteiger partial charge on any atom is -0.494 e. The van der Waals surface area contributed by atoms with Gasteiger partial charge in [-0.15, -0.1) is 0 Å². The molecule has 0 radical (unpaired) electrons. The Morgan fingerprint density at radius 2 is 1.89 bits per heavy atom. The molecule has 0 bridgehead atoms. The van der Waals surface area contributed by atoms with Gasteiger partial charge in [-0.05, 0) is 31.2 Å². The molecule has 8 heteroatoms. The third kappa shape index (κ3) is 2.79. The zero-order valence-corrected chi connectivity index (χ0v) is 15.3. The number of hydrogen-bond donors (Lipinski definition) is 1. The van der Waals surface area contributed by atoms with Crippen molar-refractivity contribution < 1.29 is 13.9 Å². The standard InChI is InChI=1S/C20H17FN4O3/c1-3-24-15-6-4-5-7-16(15)25-17(20(24)27)11-14(23-25)19(26)22-12-8-9-18(28-2)13(21)10-12/h4-11H,3H2,1-2H3,(H,22,26). The first-order valence-electron chi connectivity index (χ1n) is 8.69. The minimum absolute atomic E-state index is 0.0623. The van der Waals surface area contributed by atoms with Gasteiger partial charge in [0, 0.05) is 24.4 Å². The van der Waals surface area contributed by atoms with Crippen LogP contribution in [0.3, 0.4) is 0 Å². The molecule has 4 aromatic rings. The Labute approximate surface area is 159 Å². The largest absolute Gasteiger partial charge is 0.494 e. The van der Waals surface area contributed by atoms with E-state index in [1.165, 1.54) is 29.8 Å². The van der Waals surface area contributed by atoms with Gasteiger partial charge in [0.05, 0.1) is 18.1 Å². The number of fused-ring (bicyclic) bond motifs is 3. The fourth-order valence-corrected chi connectivity index (χ4v) is 3.20. The lowest BCUT2D eigenvalue weighted by Crippen LogP contribution is -2.22. The summed E-state index contributed by atoms with van der Waals surface area (Å²) in [5.74, 6) is -1.05. The number of carbonyl (C=O) groups is 1. The smallest absolute Gasteiger partial charge is 0.277 e. The van der Waals surface area contributed by atoms with Crippen molar-refractivity contribution in [3.05, 3.63) is 70.4 Å². The van der Waals surface area contributed by atoms with E-state index in [0.29, 0.717) is 17.6 Å². The van der Waals surface area contributed by atoms with Crippen molar-refractivity contribution in [3.8, 4) is 5.75 Å². The van der Waals surface area contributed by atoms with Crippen LogP contribution in [0.5, 0.6) is 5.75 Å². The summed E-state index contributed by atoms with van der Waals surface area (Å²) in [7, 11) is 1.36. The Bertz CT molecular complexity index is 1280. The molecule has 142 valence electrons. The highest BCUT2D eigenvalue weighted by Crippen LogP contribution is 2.21. The van der Waals surface area contributed by atoms with Crippen molar-refractivity contribution in [1.29, 1.82) is 0 Å². The molecule has 4 rings (SSSR count). The molecule has 7 nitrogen and oxygen atoms in total. The molecule has 28 heavy (non-hydrogen) atoms. The maximum absolute atomic E-state index is 13.8. The normalized spacial score (nSPS) is 11.1. The highest BCUT2D eigenvalue weighted by atomic mass is 19.1. The second-order valence-electron chi connectivity index (χ2n) is 6.17. The highest BCUT2D eigenvalue weighted by Gasteiger charge is 2.17. The topological polar surface area (TPSA) is 77.6 Å². The zero-order chi connectivity index (χ0) is 19.8. The van der Waals surface area contributed by atoms with Gasteiger partial charge in [0.25, 0.3) is 11.5 Å². The van der Waals surface area contributed by atoms with Crippen molar-refractivity contribution in [2.24, 2.45) is 0 Å². The van der Waals surface area contributed by atoms with Crippen LogP contribution in [0.15, 0.2) is 53.3 Å². The van der Waals surface area contributed by atoms with Crippen molar-refractivity contribution >= 4 is 28.1 Å². The van der Waals surface area contributed by atoms with E-state index in [2.05, 4.69) is 10.4 Å². The molecular formula is C20H17FN4O3. The molecule has 1 amide bonds. The van der Waals surface area contributed by atoms with Gasteiger partial charge in [-0.1, -0.05) is 12.1 Å². The van der Waals surface area contributed by atoms with E-state index in [-0.39, 0.29) is 22.7 Å². The number of hydrogen-bond acceptors (Lipinski definition) is 4. The molecule has 0 unspecified atom stereocenters. The van der Waals surface area contributed by atoms with E-state index >= 15 is 0 Å². The van der Waals surface area contributed by atoms with Gasteiger partial charge in [-0.2, -0.15) is 5.10 Å². The molecule has 0 aliphatic carbocycles. The molecule has 0 saturated carbocycles. The molecule has 0 fully saturated rings. The number of anilines is 1. The fraction of sp³-hybridized carbons (Fsp3) is 0.150. The summed E-state index contributed by atoms with van der Waals surface area (Å²) in [5, 5.41) is 6.89. The van der Waals surface area contributed by atoms with E-state index in [9.17, 15) is 14.0 Å². The predicted molar refractivity (Wildman–Crippen MR) is 104 cm³/mol. The van der Waals surface area contributed by atoms with Crippen LogP contribution >= 0.6 is 0 Å². The number of carbonyl (C=O) groups excluding carboxylic acids is 1. The summed E-state index contributed by atoms with van der Waals surface area (Å²) in [6, 6.07) is 12.9. The first-order valence-corrected chi connectivity index (χ1v) is 8.69. The summed E-state index contributed by atoms with van der Waals surface area (Å²) in [5.41, 5.74) is 1.83. The van der Waals surface area contributed by atoms with Crippen LogP contribution in [0.1, 0.15) is 17.4 Å². The maximum atomic E-state index is 13.8. The van der Waals surface area contributed by atoms with Crippen LogP contribution in [-0.4, -0.2) is 27.2 Å². The van der Waals surface area contributed by atoms with Crippen LogP contribution in [0.2, 0.25) is 0 Å². The summed E-state index contributed by atoms with van der Waals surface area (Å²) < 4.78 is 21.8. The van der Waals surface area contributed by atoms with E-state index in [1.54, 1.807) is 4.57 Å². The molecular weight excluding hydrogens is 363 g/mol. The number of halogens is 1. The van der Waals surface area contributed by atoms with Crippen molar-refractivity contribution in [2.75, 3.05) is 12.4 Å². The number of amides is 1. The van der Waals surface area contributed by atoms with Gasteiger partial charge in [0.2, 0.25) is 0 Å². The van der Waals surface area contributed by atoms with Gasteiger partial charge in [0.1, 0.15) is 5.52 Å². The van der Waals surface area contributed by atoms with Gasteiger partial charge < -0.3 is 14.6 Å². The Kier molecular flexibility index (Phi) is 4.31. The number of nitrogens with zero attached hydrogens (tertiary/aromatic N) is 3. The molecule has 2 aromatic carbocycles. The average Bonchev–Trinajstić information content (AvgIpc) is 3.15. The Balaban J connectivity index is 1.78. The fourth-order valence-electron chi connectivity index (χ4n) is 3.20. The lowest BCUT2D eigenvalue weighted by atomic mass is 10.2. The van der Waals surface area contributed by atoms with Gasteiger partial charge in [0.15, 0.2) is 17.3 Å². The Morgan fingerprint density at radius 3 is 2.57 bits per heavy atom. The number of ether oxygens (including phenoxy) is 1. The first kappa shape index (κ1) is 17.7. The Morgan fingerprint density at radius 1 is 1.14 bits per heavy atom. The second-order valence-corrected chi connectivity index (χ2v) is 6.17. The average molecular weight is 380 g/mol.